The van der Waals surface area contributed by atoms with Gasteiger partial charge in [-0.3, -0.25) is 0 Å². The maximum atomic E-state index is 5.17. The zero-order valence-electron chi connectivity index (χ0n) is 6.93. The molecule has 0 saturated heterocycles. The van der Waals surface area contributed by atoms with Crippen LogP contribution in [0.2, 0.25) is 0 Å². The molecule has 2 aromatic rings. The highest BCUT2D eigenvalue weighted by Crippen LogP contribution is 2.42. The third-order valence-electron chi connectivity index (χ3n) is 2.10. The van der Waals surface area contributed by atoms with Gasteiger partial charge in [0, 0.05) is 11.3 Å². The lowest BCUT2D eigenvalue weighted by molar-refractivity contribution is 0.572. The van der Waals surface area contributed by atoms with Crippen LogP contribution < -0.4 is 0 Å². The molecule has 66 valence electrons. The van der Waals surface area contributed by atoms with Gasteiger partial charge in [-0.25, -0.2) is 9.97 Å². The van der Waals surface area contributed by atoms with E-state index in [2.05, 4.69) is 9.97 Å². The Morgan fingerprint density at radius 3 is 3.08 bits per heavy atom. The molecule has 0 aromatic carbocycles. The molecule has 2 heterocycles. The van der Waals surface area contributed by atoms with Gasteiger partial charge in [-0.05, 0) is 12.8 Å². The van der Waals surface area contributed by atoms with E-state index in [0.29, 0.717) is 11.8 Å². The van der Waals surface area contributed by atoms with Crippen LogP contribution in [0.5, 0.6) is 0 Å². The summed E-state index contributed by atoms with van der Waals surface area (Å²) in [4.78, 5) is 8.53. The summed E-state index contributed by atoms with van der Waals surface area (Å²) in [5.74, 6) is 1.34. The Morgan fingerprint density at radius 2 is 2.38 bits per heavy atom. The first-order valence-electron chi connectivity index (χ1n) is 4.29. The summed E-state index contributed by atoms with van der Waals surface area (Å²) in [5.41, 5.74) is 0.872. The summed E-state index contributed by atoms with van der Waals surface area (Å²) in [5, 5.41) is 3.24. The third kappa shape index (κ3) is 1.27. The van der Waals surface area contributed by atoms with Gasteiger partial charge in [-0.2, -0.15) is 0 Å². The van der Waals surface area contributed by atoms with Crippen molar-refractivity contribution in [3.8, 4) is 11.6 Å². The molecule has 0 unspecified atom stereocenters. The molecule has 0 radical (unpaired) electrons. The Bertz CT molecular complexity index is 403. The average Bonchev–Trinajstić information content (AvgIpc) is 2.72. The predicted octanol–water partition coefficient (Wildman–Crippen LogP) is 2.68. The van der Waals surface area contributed by atoms with Crippen molar-refractivity contribution in [1.82, 2.24) is 9.97 Å². The fourth-order valence-electron chi connectivity index (χ4n) is 1.25. The molecular formula is C9H8N2OS. The van der Waals surface area contributed by atoms with Crippen molar-refractivity contribution in [2.45, 2.75) is 18.8 Å². The Hall–Kier alpha value is -1.16. The van der Waals surface area contributed by atoms with Crippen molar-refractivity contribution in [2.75, 3.05) is 0 Å². The monoisotopic (exact) mass is 192 g/mol. The topological polar surface area (TPSA) is 38.9 Å². The van der Waals surface area contributed by atoms with E-state index < -0.39 is 0 Å². The fourth-order valence-corrected chi connectivity index (χ4v) is 2.22. The van der Waals surface area contributed by atoms with Gasteiger partial charge in [0.05, 0.1) is 11.2 Å². The summed E-state index contributed by atoms with van der Waals surface area (Å²) >= 11 is 1.71. The zero-order chi connectivity index (χ0) is 8.67. The summed E-state index contributed by atoms with van der Waals surface area (Å²) in [7, 11) is 0. The second kappa shape index (κ2) is 2.67. The second-order valence-electron chi connectivity index (χ2n) is 3.18. The highest BCUT2D eigenvalue weighted by atomic mass is 32.1. The molecule has 1 aliphatic carbocycles. The van der Waals surface area contributed by atoms with E-state index in [0.717, 1.165) is 5.69 Å². The molecule has 4 heteroatoms. The van der Waals surface area contributed by atoms with E-state index in [9.17, 15) is 0 Å². The molecule has 13 heavy (non-hydrogen) atoms. The number of oxazole rings is 1. The first kappa shape index (κ1) is 7.26. The Balaban J connectivity index is 1.97. The minimum absolute atomic E-state index is 0.628. The Labute approximate surface area is 79.5 Å². The van der Waals surface area contributed by atoms with Crippen molar-refractivity contribution < 1.29 is 4.42 Å². The Kier molecular flexibility index (Phi) is 1.49. The van der Waals surface area contributed by atoms with Crippen LogP contribution in [0.15, 0.2) is 22.3 Å². The smallest absolute Gasteiger partial charge is 0.245 e. The molecule has 0 amide bonds. The fraction of sp³-hybridized carbons (Fsp3) is 0.333. The van der Waals surface area contributed by atoms with Crippen molar-refractivity contribution in [2.24, 2.45) is 0 Å². The highest BCUT2D eigenvalue weighted by molar-refractivity contribution is 7.10. The molecule has 0 N–H and O–H groups in total. The number of hydrogen-bond acceptors (Lipinski definition) is 4. The first-order chi connectivity index (χ1) is 6.43. The van der Waals surface area contributed by atoms with Gasteiger partial charge in [-0.1, -0.05) is 0 Å². The number of aromatic nitrogens is 2. The zero-order valence-corrected chi connectivity index (χ0v) is 7.75. The van der Waals surface area contributed by atoms with Gasteiger partial charge in [0.2, 0.25) is 5.89 Å². The minimum atomic E-state index is 0.628. The van der Waals surface area contributed by atoms with Gasteiger partial charge >= 0.3 is 0 Å². The number of nitrogens with zero attached hydrogens (tertiary/aromatic N) is 2. The van der Waals surface area contributed by atoms with Crippen LogP contribution in [0.1, 0.15) is 23.8 Å². The molecule has 0 bridgehead atoms. The summed E-state index contributed by atoms with van der Waals surface area (Å²) in [6, 6.07) is 0. The number of thiazole rings is 1. The molecule has 3 rings (SSSR count). The lowest BCUT2D eigenvalue weighted by Crippen LogP contribution is -1.79. The molecule has 3 nitrogen and oxygen atoms in total. The largest absolute Gasteiger partial charge is 0.443 e. The van der Waals surface area contributed by atoms with Crippen LogP contribution >= 0.6 is 11.3 Å². The van der Waals surface area contributed by atoms with Crippen LogP contribution in [0, 0.1) is 0 Å². The average molecular weight is 192 g/mol. The van der Waals surface area contributed by atoms with Crippen molar-refractivity contribution in [3.05, 3.63) is 22.8 Å². The van der Waals surface area contributed by atoms with E-state index >= 15 is 0 Å². The standard InChI is InChI=1S/C9H8N2OS/c1-2-6(1)9-11-7(5-13-9)8-10-3-4-12-8/h3-6H,1-2H2. The highest BCUT2D eigenvalue weighted by Gasteiger charge is 2.27. The Morgan fingerprint density at radius 1 is 1.46 bits per heavy atom. The maximum Gasteiger partial charge on any atom is 0.245 e. The van der Waals surface area contributed by atoms with Crippen LogP contribution in [0.4, 0.5) is 0 Å². The molecular weight excluding hydrogens is 184 g/mol. The molecule has 2 aromatic heterocycles. The van der Waals surface area contributed by atoms with E-state index in [1.165, 1.54) is 17.8 Å². The van der Waals surface area contributed by atoms with Gasteiger partial charge in [0.15, 0.2) is 0 Å². The van der Waals surface area contributed by atoms with E-state index in [4.69, 9.17) is 4.42 Å². The normalized spacial score (nSPS) is 16.3. The summed E-state index contributed by atoms with van der Waals surface area (Å²) in [6.07, 6.45) is 5.80. The SMILES string of the molecule is c1coc(-c2csc(C3CC3)n2)n1. The van der Waals surface area contributed by atoms with Crippen molar-refractivity contribution >= 4 is 11.3 Å². The summed E-state index contributed by atoms with van der Waals surface area (Å²) in [6.45, 7) is 0. The third-order valence-corrected chi connectivity index (χ3v) is 3.11. The minimum Gasteiger partial charge on any atom is -0.443 e. The van der Waals surface area contributed by atoms with Crippen molar-refractivity contribution in [3.63, 3.8) is 0 Å². The van der Waals surface area contributed by atoms with E-state index in [1.807, 2.05) is 5.38 Å². The lowest BCUT2D eigenvalue weighted by atomic mass is 10.4. The molecule has 1 fully saturated rings. The first-order valence-corrected chi connectivity index (χ1v) is 5.17. The van der Waals surface area contributed by atoms with Gasteiger partial charge in [0.25, 0.3) is 0 Å². The van der Waals surface area contributed by atoms with Gasteiger partial charge < -0.3 is 4.42 Å². The maximum absolute atomic E-state index is 5.17. The van der Waals surface area contributed by atoms with Gasteiger partial charge in [-0.15, -0.1) is 11.3 Å². The second-order valence-corrected chi connectivity index (χ2v) is 4.07. The molecule has 1 saturated carbocycles. The molecule has 0 aliphatic heterocycles. The van der Waals surface area contributed by atoms with Crippen LogP contribution in [-0.2, 0) is 0 Å². The van der Waals surface area contributed by atoms with Crippen LogP contribution in [0.25, 0.3) is 11.6 Å². The number of rotatable bonds is 2. The molecule has 0 spiro atoms. The van der Waals surface area contributed by atoms with E-state index in [1.54, 1.807) is 23.8 Å². The van der Waals surface area contributed by atoms with Crippen molar-refractivity contribution in [1.29, 1.82) is 0 Å². The molecule has 0 atom stereocenters. The predicted molar refractivity (Wildman–Crippen MR) is 49.6 cm³/mol. The summed E-state index contributed by atoms with van der Waals surface area (Å²) < 4.78 is 5.17. The number of hydrogen-bond donors (Lipinski definition) is 0. The van der Waals surface area contributed by atoms with Crippen LogP contribution in [-0.4, -0.2) is 9.97 Å². The quantitative estimate of drug-likeness (QED) is 0.734. The van der Waals surface area contributed by atoms with Gasteiger partial charge in [0.1, 0.15) is 12.0 Å². The lowest BCUT2D eigenvalue weighted by Gasteiger charge is -1.86. The molecule has 1 aliphatic rings. The van der Waals surface area contributed by atoms with E-state index in [-0.39, 0.29) is 0 Å². The van der Waals surface area contributed by atoms with Crippen LogP contribution in [0.3, 0.4) is 0 Å².